The summed E-state index contributed by atoms with van der Waals surface area (Å²) in [6.07, 6.45) is 1.70. The lowest BCUT2D eigenvalue weighted by molar-refractivity contribution is 0.0882. The molecule has 158 valence electrons. The Morgan fingerprint density at radius 3 is 2.81 bits per heavy atom. The highest BCUT2D eigenvalue weighted by molar-refractivity contribution is 7.09. The van der Waals surface area contributed by atoms with Gasteiger partial charge in [0.1, 0.15) is 18.2 Å². The number of fused-ring (bicyclic) bond motifs is 3. The van der Waals surface area contributed by atoms with E-state index in [-0.39, 0.29) is 11.5 Å². The summed E-state index contributed by atoms with van der Waals surface area (Å²) in [7, 11) is 3.15. The van der Waals surface area contributed by atoms with Gasteiger partial charge in [-0.2, -0.15) is 0 Å². The van der Waals surface area contributed by atoms with Gasteiger partial charge in [-0.25, -0.2) is 0 Å². The number of ketones is 1. The molecule has 0 saturated carbocycles. The Labute approximate surface area is 184 Å². The van der Waals surface area contributed by atoms with Gasteiger partial charge in [0.2, 0.25) is 5.78 Å². The first-order valence-electron chi connectivity index (χ1n) is 9.86. The van der Waals surface area contributed by atoms with Gasteiger partial charge in [0.25, 0.3) is 0 Å². The highest BCUT2D eigenvalue weighted by atomic mass is 32.1. The highest BCUT2D eigenvalue weighted by Crippen LogP contribution is 2.43. The zero-order valence-electron chi connectivity index (χ0n) is 17.2. The van der Waals surface area contributed by atoms with Crippen molar-refractivity contribution in [2.24, 2.45) is 0 Å². The summed E-state index contributed by atoms with van der Waals surface area (Å²) in [6, 6.07) is 13.3. The predicted octanol–water partition coefficient (Wildman–Crippen LogP) is 4.73. The SMILES string of the molecule is COc1cccc(C=C2Oc3c(ccc4c3CN(Cc3cccs3)CO4)C2=O)c1OC. The first kappa shape index (κ1) is 19.7. The topological polar surface area (TPSA) is 57.2 Å². The molecule has 0 unspecified atom stereocenters. The first-order chi connectivity index (χ1) is 15.2. The molecule has 3 aromatic rings. The van der Waals surface area contributed by atoms with Crippen LogP contribution in [0.1, 0.15) is 26.4 Å². The van der Waals surface area contributed by atoms with Gasteiger partial charge in [0, 0.05) is 23.5 Å². The molecule has 5 rings (SSSR count). The van der Waals surface area contributed by atoms with Crippen LogP contribution in [0.5, 0.6) is 23.0 Å². The molecular formula is C24H21NO5S. The van der Waals surface area contributed by atoms with E-state index in [9.17, 15) is 4.79 Å². The predicted molar refractivity (Wildman–Crippen MR) is 118 cm³/mol. The van der Waals surface area contributed by atoms with E-state index in [4.69, 9.17) is 18.9 Å². The fourth-order valence-electron chi connectivity index (χ4n) is 3.90. The van der Waals surface area contributed by atoms with Crippen LogP contribution in [0.3, 0.4) is 0 Å². The van der Waals surface area contributed by atoms with E-state index in [1.807, 2.05) is 30.3 Å². The summed E-state index contributed by atoms with van der Waals surface area (Å²) >= 11 is 1.72. The Morgan fingerprint density at radius 2 is 2.03 bits per heavy atom. The summed E-state index contributed by atoms with van der Waals surface area (Å²) in [5.41, 5.74) is 2.16. The molecule has 0 spiro atoms. The van der Waals surface area contributed by atoms with Crippen LogP contribution in [0, 0.1) is 0 Å². The number of rotatable bonds is 5. The average Bonchev–Trinajstić information content (AvgIpc) is 3.42. The maximum absolute atomic E-state index is 13.1. The summed E-state index contributed by atoms with van der Waals surface area (Å²) in [5.74, 6) is 2.58. The Kier molecular flexibility index (Phi) is 5.13. The summed E-state index contributed by atoms with van der Waals surface area (Å²) in [5, 5.41) is 2.07. The number of ether oxygens (including phenoxy) is 4. The molecule has 0 amide bonds. The Morgan fingerprint density at radius 1 is 1.13 bits per heavy atom. The molecule has 0 atom stereocenters. The molecule has 2 aliphatic heterocycles. The van der Waals surface area contributed by atoms with E-state index in [0.717, 1.165) is 17.9 Å². The van der Waals surface area contributed by atoms with E-state index in [1.165, 1.54) is 4.88 Å². The molecule has 0 N–H and O–H groups in total. The number of hydrogen-bond acceptors (Lipinski definition) is 7. The lowest BCUT2D eigenvalue weighted by Crippen LogP contribution is -2.31. The number of nitrogens with zero attached hydrogens (tertiary/aromatic N) is 1. The van der Waals surface area contributed by atoms with Crippen LogP contribution < -0.4 is 18.9 Å². The quantitative estimate of drug-likeness (QED) is 0.540. The van der Waals surface area contributed by atoms with Crippen LogP contribution in [0.25, 0.3) is 6.08 Å². The molecule has 3 heterocycles. The van der Waals surface area contributed by atoms with Crippen LogP contribution in [0.4, 0.5) is 0 Å². The minimum atomic E-state index is -0.155. The normalized spacial score (nSPS) is 16.5. The summed E-state index contributed by atoms with van der Waals surface area (Å²) in [4.78, 5) is 16.5. The number of carbonyl (C=O) groups excluding carboxylic acids is 1. The van der Waals surface area contributed by atoms with Gasteiger partial charge in [-0.15, -0.1) is 11.3 Å². The van der Waals surface area contributed by atoms with E-state index >= 15 is 0 Å². The van der Waals surface area contributed by atoms with Crippen molar-refractivity contribution in [3.63, 3.8) is 0 Å². The molecule has 0 radical (unpaired) electrons. The number of methoxy groups -OCH3 is 2. The third kappa shape index (κ3) is 3.56. The molecule has 7 heteroatoms. The molecule has 0 aliphatic carbocycles. The lowest BCUT2D eigenvalue weighted by Gasteiger charge is -2.29. The van der Waals surface area contributed by atoms with Gasteiger partial charge < -0.3 is 18.9 Å². The molecule has 6 nitrogen and oxygen atoms in total. The number of Topliss-reactive ketones (excluding diaryl/α,β-unsaturated/α-hetero) is 1. The van der Waals surface area contributed by atoms with Crippen molar-refractivity contribution >= 4 is 23.2 Å². The largest absolute Gasteiger partial charge is 0.493 e. The maximum Gasteiger partial charge on any atom is 0.231 e. The zero-order valence-corrected chi connectivity index (χ0v) is 18.0. The minimum absolute atomic E-state index is 0.155. The second-order valence-corrected chi connectivity index (χ2v) is 8.31. The minimum Gasteiger partial charge on any atom is -0.493 e. The zero-order chi connectivity index (χ0) is 21.4. The van der Waals surface area contributed by atoms with Crippen LogP contribution in [0.15, 0.2) is 53.6 Å². The van der Waals surface area contributed by atoms with Crippen molar-refractivity contribution in [1.29, 1.82) is 0 Å². The van der Waals surface area contributed by atoms with Crippen molar-refractivity contribution in [3.05, 3.63) is 75.2 Å². The fraction of sp³-hybridized carbons (Fsp3) is 0.208. The third-order valence-corrected chi connectivity index (χ3v) is 6.22. The molecule has 2 aromatic carbocycles. The van der Waals surface area contributed by atoms with Gasteiger partial charge in [0.15, 0.2) is 17.3 Å². The molecule has 0 fully saturated rings. The Hall–Kier alpha value is -3.29. The van der Waals surface area contributed by atoms with Crippen LogP contribution in [-0.2, 0) is 13.1 Å². The molecule has 2 aliphatic rings. The third-order valence-electron chi connectivity index (χ3n) is 5.36. The van der Waals surface area contributed by atoms with Crippen molar-refractivity contribution in [2.75, 3.05) is 21.0 Å². The molecule has 0 bridgehead atoms. The van der Waals surface area contributed by atoms with Gasteiger partial charge in [-0.05, 0) is 35.7 Å². The van der Waals surface area contributed by atoms with E-state index in [2.05, 4.69) is 16.3 Å². The summed E-state index contributed by atoms with van der Waals surface area (Å²) in [6.45, 7) is 1.94. The highest BCUT2D eigenvalue weighted by Gasteiger charge is 2.34. The van der Waals surface area contributed by atoms with Gasteiger partial charge in [-0.3, -0.25) is 9.69 Å². The molecular weight excluding hydrogens is 414 g/mol. The van der Waals surface area contributed by atoms with Crippen molar-refractivity contribution in [2.45, 2.75) is 13.1 Å². The number of thiophene rings is 1. The number of hydrogen-bond donors (Lipinski definition) is 0. The van der Waals surface area contributed by atoms with E-state index < -0.39 is 0 Å². The van der Waals surface area contributed by atoms with Crippen molar-refractivity contribution in [1.82, 2.24) is 4.90 Å². The maximum atomic E-state index is 13.1. The van der Waals surface area contributed by atoms with Crippen LogP contribution in [-0.4, -0.2) is 31.6 Å². The standard InChI is InChI=1S/C24H21NO5S/c1-27-20-7-3-5-15(23(20)28-2)11-21-22(26)17-8-9-19-18(24(17)30-21)13-25(14-29-19)12-16-6-4-10-31-16/h3-11H,12-14H2,1-2H3. The van der Waals surface area contributed by atoms with Crippen molar-refractivity contribution < 1.29 is 23.7 Å². The Bertz CT molecular complexity index is 1170. The Balaban J connectivity index is 1.46. The molecule has 31 heavy (non-hydrogen) atoms. The van der Waals surface area contributed by atoms with Crippen molar-refractivity contribution in [3.8, 4) is 23.0 Å². The van der Waals surface area contributed by atoms with E-state index in [0.29, 0.717) is 41.7 Å². The smallest absolute Gasteiger partial charge is 0.231 e. The summed E-state index contributed by atoms with van der Waals surface area (Å²) < 4.78 is 22.9. The number of benzene rings is 2. The number of allylic oxidation sites excluding steroid dienone is 1. The first-order valence-corrected chi connectivity index (χ1v) is 10.7. The second kappa shape index (κ2) is 8.09. The van der Waals surface area contributed by atoms with E-state index in [1.54, 1.807) is 37.7 Å². The lowest BCUT2D eigenvalue weighted by atomic mass is 10.0. The molecule has 1 aromatic heterocycles. The monoisotopic (exact) mass is 435 g/mol. The second-order valence-electron chi connectivity index (χ2n) is 7.28. The molecule has 0 saturated heterocycles. The number of carbonyl (C=O) groups is 1. The fourth-order valence-corrected chi connectivity index (χ4v) is 4.64. The number of para-hydroxylation sites is 1. The van der Waals surface area contributed by atoms with Crippen LogP contribution in [0.2, 0.25) is 0 Å². The average molecular weight is 436 g/mol. The van der Waals surface area contributed by atoms with Gasteiger partial charge in [0.05, 0.1) is 25.3 Å². The van der Waals surface area contributed by atoms with Gasteiger partial charge in [-0.1, -0.05) is 18.2 Å². The van der Waals surface area contributed by atoms with Crippen LogP contribution >= 0.6 is 11.3 Å². The van der Waals surface area contributed by atoms with Gasteiger partial charge >= 0.3 is 0 Å².